The summed E-state index contributed by atoms with van der Waals surface area (Å²) in [5.41, 5.74) is 5.07. The van der Waals surface area contributed by atoms with Gasteiger partial charge in [0.05, 0.1) is 28.4 Å². The SMILES string of the molecule is COC(=O)c1cc(F)c(Br)c(N)c1C#N. The number of carbonyl (C=O) groups excluding carboxylic acids is 1. The number of nitrogen functional groups attached to an aromatic ring is 1. The number of nitrogens with zero attached hydrogens (tertiary/aromatic N) is 1. The predicted octanol–water partition coefficient (Wildman–Crippen LogP) is 1.83. The Kier molecular flexibility index (Phi) is 3.27. The van der Waals surface area contributed by atoms with Gasteiger partial charge in [-0.15, -0.1) is 0 Å². The van der Waals surface area contributed by atoms with Gasteiger partial charge in [0.2, 0.25) is 0 Å². The van der Waals surface area contributed by atoms with Gasteiger partial charge in [0, 0.05) is 0 Å². The third-order valence-corrected chi connectivity index (χ3v) is 2.58. The summed E-state index contributed by atoms with van der Waals surface area (Å²) in [6, 6.07) is 2.63. The number of hydrogen-bond acceptors (Lipinski definition) is 4. The molecule has 1 aromatic rings. The molecule has 0 spiro atoms. The lowest BCUT2D eigenvalue weighted by molar-refractivity contribution is 0.0600. The van der Waals surface area contributed by atoms with Gasteiger partial charge in [-0.05, 0) is 22.0 Å². The molecule has 1 aromatic carbocycles. The van der Waals surface area contributed by atoms with Crippen molar-refractivity contribution in [2.24, 2.45) is 0 Å². The molecule has 0 amide bonds. The van der Waals surface area contributed by atoms with E-state index in [9.17, 15) is 9.18 Å². The Morgan fingerprint density at radius 3 is 2.80 bits per heavy atom. The van der Waals surface area contributed by atoms with Crippen LogP contribution in [-0.2, 0) is 4.74 Å². The zero-order valence-corrected chi connectivity index (χ0v) is 9.26. The quantitative estimate of drug-likeness (QED) is 0.625. The van der Waals surface area contributed by atoms with Gasteiger partial charge in [0.25, 0.3) is 0 Å². The van der Waals surface area contributed by atoms with Crippen molar-refractivity contribution in [3.8, 4) is 6.07 Å². The first-order valence-electron chi connectivity index (χ1n) is 3.78. The number of methoxy groups -OCH3 is 1. The van der Waals surface area contributed by atoms with Crippen LogP contribution in [0.2, 0.25) is 0 Å². The summed E-state index contributed by atoms with van der Waals surface area (Å²) in [5, 5.41) is 8.78. The lowest BCUT2D eigenvalue weighted by Gasteiger charge is -2.07. The molecule has 0 unspecified atom stereocenters. The van der Waals surface area contributed by atoms with E-state index < -0.39 is 11.8 Å². The summed E-state index contributed by atoms with van der Waals surface area (Å²) in [5.74, 6) is -1.52. The van der Waals surface area contributed by atoms with Gasteiger partial charge in [-0.2, -0.15) is 5.26 Å². The summed E-state index contributed by atoms with van der Waals surface area (Å²) in [4.78, 5) is 11.2. The fourth-order valence-corrected chi connectivity index (χ4v) is 1.35. The van der Waals surface area contributed by atoms with Crippen molar-refractivity contribution in [2.75, 3.05) is 12.8 Å². The Labute approximate surface area is 93.6 Å². The summed E-state index contributed by atoms with van der Waals surface area (Å²) in [6.45, 7) is 0. The lowest BCUT2D eigenvalue weighted by atomic mass is 10.1. The molecule has 0 saturated heterocycles. The molecule has 1 rings (SSSR count). The minimum absolute atomic E-state index is 0.0355. The van der Waals surface area contributed by atoms with Gasteiger partial charge in [-0.1, -0.05) is 0 Å². The molecule has 0 aliphatic carbocycles. The van der Waals surface area contributed by atoms with E-state index in [1.807, 2.05) is 0 Å². The highest BCUT2D eigenvalue weighted by Crippen LogP contribution is 2.29. The molecule has 78 valence electrons. The minimum Gasteiger partial charge on any atom is -0.465 e. The van der Waals surface area contributed by atoms with Gasteiger partial charge >= 0.3 is 5.97 Å². The lowest BCUT2D eigenvalue weighted by Crippen LogP contribution is -2.08. The molecule has 0 radical (unpaired) electrons. The average molecular weight is 273 g/mol. The molecule has 0 heterocycles. The van der Waals surface area contributed by atoms with Crippen molar-refractivity contribution < 1.29 is 13.9 Å². The molecule has 0 aliphatic rings. The second kappa shape index (κ2) is 4.28. The Balaban J connectivity index is 3.54. The summed E-state index contributed by atoms with van der Waals surface area (Å²) in [7, 11) is 1.14. The number of ether oxygens (including phenoxy) is 1. The number of esters is 1. The maximum atomic E-state index is 13.2. The number of carbonyl (C=O) groups is 1. The van der Waals surface area contributed by atoms with Crippen LogP contribution in [0.3, 0.4) is 0 Å². The first-order valence-corrected chi connectivity index (χ1v) is 4.58. The second-order valence-corrected chi connectivity index (χ2v) is 3.40. The molecule has 0 fully saturated rings. The van der Waals surface area contributed by atoms with Gasteiger partial charge in [-0.25, -0.2) is 9.18 Å². The third-order valence-electron chi connectivity index (χ3n) is 1.77. The topological polar surface area (TPSA) is 76.1 Å². The van der Waals surface area contributed by atoms with Crippen LogP contribution >= 0.6 is 15.9 Å². The first-order chi connectivity index (χ1) is 7.02. The maximum Gasteiger partial charge on any atom is 0.339 e. The first kappa shape index (κ1) is 11.5. The zero-order chi connectivity index (χ0) is 11.6. The Morgan fingerprint density at radius 2 is 2.33 bits per heavy atom. The van der Waals surface area contributed by atoms with E-state index in [0.29, 0.717) is 0 Å². The van der Waals surface area contributed by atoms with Crippen LogP contribution in [0.5, 0.6) is 0 Å². The molecular formula is C9H6BrFN2O2. The van der Waals surface area contributed by atoms with Crippen molar-refractivity contribution in [1.82, 2.24) is 0 Å². The predicted molar refractivity (Wildman–Crippen MR) is 54.6 cm³/mol. The standard InChI is InChI=1S/C9H6BrFN2O2/c1-15-9(14)4-2-6(11)7(10)8(13)5(4)3-12/h2H,13H2,1H3. The number of nitriles is 1. The fraction of sp³-hybridized carbons (Fsp3) is 0.111. The van der Waals surface area contributed by atoms with Gasteiger partial charge in [0.1, 0.15) is 11.9 Å². The molecule has 15 heavy (non-hydrogen) atoms. The van der Waals surface area contributed by atoms with E-state index in [1.165, 1.54) is 0 Å². The number of rotatable bonds is 1. The van der Waals surface area contributed by atoms with E-state index >= 15 is 0 Å². The number of benzene rings is 1. The number of nitrogens with two attached hydrogens (primary N) is 1. The molecule has 4 nitrogen and oxygen atoms in total. The smallest absolute Gasteiger partial charge is 0.339 e. The molecular weight excluding hydrogens is 267 g/mol. The monoisotopic (exact) mass is 272 g/mol. The van der Waals surface area contributed by atoms with E-state index in [4.69, 9.17) is 11.0 Å². The number of halogens is 2. The minimum atomic E-state index is -0.801. The van der Waals surface area contributed by atoms with E-state index in [0.717, 1.165) is 13.2 Å². The summed E-state index contributed by atoms with van der Waals surface area (Å²) < 4.78 is 17.6. The van der Waals surface area contributed by atoms with Gasteiger partial charge in [-0.3, -0.25) is 0 Å². The zero-order valence-electron chi connectivity index (χ0n) is 7.67. The highest BCUT2D eigenvalue weighted by molar-refractivity contribution is 9.10. The molecule has 0 atom stereocenters. The van der Waals surface area contributed by atoms with E-state index in [2.05, 4.69) is 20.7 Å². The highest BCUT2D eigenvalue weighted by atomic mass is 79.9. The Bertz CT molecular complexity index is 468. The fourth-order valence-electron chi connectivity index (χ4n) is 1.04. The van der Waals surface area contributed by atoms with Crippen molar-refractivity contribution in [3.63, 3.8) is 0 Å². The van der Waals surface area contributed by atoms with Gasteiger partial charge < -0.3 is 10.5 Å². The van der Waals surface area contributed by atoms with Crippen LogP contribution in [0.1, 0.15) is 15.9 Å². The van der Waals surface area contributed by atoms with Gasteiger partial charge in [0.15, 0.2) is 0 Å². The normalized spacial score (nSPS) is 9.47. The molecule has 0 bridgehead atoms. The number of hydrogen-bond donors (Lipinski definition) is 1. The van der Waals surface area contributed by atoms with Crippen molar-refractivity contribution in [2.45, 2.75) is 0 Å². The molecule has 2 N–H and O–H groups in total. The van der Waals surface area contributed by atoms with Crippen LogP contribution in [0.25, 0.3) is 0 Å². The molecule has 0 aliphatic heterocycles. The highest BCUT2D eigenvalue weighted by Gasteiger charge is 2.19. The summed E-state index contributed by atoms with van der Waals surface area (Å²) in [6.07, 6.45) is 0. The Morgan fingerprint density at radius 1 is 1.73 bits per heavy atom. The van der Waals surface area contributed by atoms with Crippen LogP contribution in [0.15, 0.2) is 10.5 Å². The van der Waals surface area contributed by atoms with Crippen LogP contribution < -0.4 is 5.73 Å². The van der Waals surface area contributed by atoms with E-state index in [-0.39, 0.29) is 21.3 Å². The van der Waals surface area contributed by atoms with Crippen molar-refractivity contribution in [3.05, 3.63) is 27.5 Å². The molecule has 0 saturated carbocycles. The average Bonchev–Trinajstić information content (AvgIpc) is 2.24. The third kappa shape index (κ3) is 1.92. The van der Waals surface area contributed by atoms with E-state index in [1.54, 1.807) is 6.07 Å². The van der Waals surface area contributed by atoms with Crippen molar-refractivity contribution in [1.29, 1.82) is 5.26 Å². The molecule has 6 heteroatoms. The largest absolute Gasteiger partial charge is 0.465 e. The second-order valence-electron chi connectivity index (χ2n) is 2.61. The molecule has 0 aromatic heterocycles. The van der Waals surface area contributed by atoms with Crippen LogP contribution in [-0.4, -0.2) is 13.1 Å². The van der Waals surface area contributed by atoms with Crippen LogP contribution in [0.4, 0.5) is 10.1 Å². The summed E-state index contributed by atoms with van der Waals surface area (Å²) >= 11 is 2.87. The Hall–Kier alpha value is -1.61. The number of anilines is 1. The van der Waals surface area contributed by atoms with Crippen molar-refractivity contribution >= 4 is 27.6 Å². The van der Waals surface area contributed by atoms with Crippen LogP contribution in [0, 0.1) is 17.1 Å². The maximum absolute atomic E-state index is 13.2.